The molecule has 2 aromatic carbocycles. The lowest BCUT2D eigenvalue weighted by molar-refractivity contribution is -0.130. The van der Waals surface area contributed by atoms with E-state index in [0.717, 1.165) is 0 Å². The van der Waals surface area contributed by atoms with E-state index in [1.54, 1.807) is 43.3 Å². The highest BCUT2D eigenvalue weighted by Gasteiger charge is 2.33. The molecule has 6 heteroatoms. The number of hydrogen-bond acceptors (Lipinski definition) is 6. The van der Waals surface area contributed by atoms with Crippen LogP contribution < -0.4 is 10.5 Å². The summed E-state index contributed by atoms with van der Waals surface area (Å²) in [6.07, 6.45) is 0. The van der Waals surface area contributed by atoms with E-state index in [4.69, 9.17) is 15.2 Å². The molecule has 0 fully saturated rings. The second kappa shape index (κ2) is 6.60. The number of benzene rings is 2. The molecule has 25 heavy (non-hydrogen) atoms. The van der Waals surface area contributed by atoms with Gasteiger partial charge in [0, 0.05) is 0 Å². The number of nitrogens with two attached hydrogens (primary N) is 1. The topological polar surface area (TPSA) is 95.7 Å². The summed E-state index contributed by atoms with van der Waals surface area (Å²) in [5.41, 5.74) is 6.89. The lowest BCUT2D eigenvalue weighted by Crippen LogP contribution is -2.28. The van der Waals surface area contributed by atoms with Gasteiger partial charge in [-0.1, -0.05) is 24.3 Å². The molecule has 6 nitrogen and oxygen atoms in total. The summed E-state index contributed by atoms with van der Waals surface area (Å²) < 4.78 is 10.1. The molecule has 0 atom stereocenters. The van der Waals surface area contributed by atoms with E-state index in [2.05, 4.69) is 0 Å². The van der Waals surface area contributed by atoms with Crippen LogP contribution in [-0.2, 0) is 9.53 Å². The molecule has 0 saturated carbocycles. The van der Waals surface area contributed by atoms with Gasteiger partial charge in [-0.05, 0) is 36.8 Å². The second-order valence-electron chi connectivity index (χ2n) is 5.30. The van der Waals surface area contributed by atoms with Gasteiger partial charge in [-0.2, -0.15) is 0 Å². The van der Waals surface area contributed by atoms with Crippen molar-refractivity contribution >= 4 is 23.4 Å². The maximum absolute atomic E-state index is 12.6. The Morgan fingerprint density at radius 3 is 2.36 bits per heavy atom. The van der Waals surface area contributed by atoms with Crippen LogP contribution in [0.3, 0.4) is 0 Å². The number of rotatable bonds is 3. The fourth-order valence-corrected chi connectivity index (χ4v) is 2.50. The molecule has 3 rings (SSSR count). The van der Waals surface area contributed by atoms with Crippen LogP contribution in [0.15, 0.2) is 54.1 Å². The zero-order valence-corrected chi connectivity index (χ0v) is 13.4. The largest absolute Gasteiger partial charge is 0.462 e. The number of Topliss-reactive ketones (excluding diaryl/α,β-unsaturated/α-hetero) is 1. The second-order valence-corrected chi connectivity index (χ2v) is 5.30. The molecule has 0 spiro atoms. The number of fused-ring (bicyclic) bond motifs is 1. The van der Waals surface area contributed by atoms with E-state index in [1.165, 1.54) is 12.1 Å². The molecule has 2 N–H and O–H groups in total. The Bertz CT molecular complexity index is 896. The molecule has 0 radical (unpaired) electrons. The lowest BCUT2D eigenvalue weighted by Gasteiger charge is -2.18. The third-order valence-electron chi connectivity index (χ3n) is 3.74. The normalized spacial score (nSPS) is 15.2. The van der Waals surface area contributed by atoms with Gasteiger partial charge in [0.15, 0.2) is 0 Å². The number of carbonyl (C=O) groups excluding carboxylic acids is 3. The molecule has 0 unspecified atom stereocenters. The van der Waals surface area contributed by atoms with E-state index in [1.807, 2.05) is 0 Å². The Kier molecular flexibility index (Phi) is 4.35. The Morgan fingerprint density at radius 1 is 1.04 bits per heavy atom. The summed E-state index contributed by atoms with van der Waals surface area (Å²) in [6, 6.07) is 12.6. The smallest absolute Gasteiger partial charge is 0.349 e. The van der Waals surface area contributed by atoms with E-state index in [0.29, 0.717) is 11.1 Å². The Hall–Kier alpha value is -3.41. The van der Waals surface area contributed by atoms with Crippen LogP contribution in [0.25, 0.3) is 5.70 Å². The van der Waals surface area contributed by atoms with Crippen molar-refractivity contribution in [2.24, 2.45) is 5.73 Å². The first-order chi connectivity index (χ1) is 12.0. The predicted molar refractivity (Wildman–Crippen MR) is 89.9 cm³/mol. The van der Waals surface area contributed by atoms with Gasteiger partial charge in [0.2, 0.25) is 5.78 Å². The summed E-state index contributed by atoms with van der Waals surface area (Å²) in [5.74, 6) is -1.52. The predicted octanol–water partition coefficient (Wildman–Crippen LogP) is 2.34. The van der Waals surface area contributed by atoms with Gasteiger partial charge >= 0.3 is 11.9 Å². The minimum Gasteiger partial charge on any atom is -0.462 e. The standard InChI is InChI=1S/C19H15NO5/c1-2-24-18(22)12-9-7-11(8-10-12)16(20)15-17(21)13-5-3-4-6-14(13)25-19(15)23/h3-10H,2,20H2,1H3/b16-15-. The summed E-state index contributed by atoms with van der Waals surface area (Å²) in [4.78, 5) is 36.5. The van der Waals surface area contributed by atoms with Crippen molar-refractivity contribution in [1.29, 1.82) is 0 Å². The highest BCUT2D eigenvalue weighted by atomic mass is 16.5. The molecule has 126 valence electrons. The zero-order chi connectivity index (χ0) is 18.0. The summed E-state index contributed by atoms with van der Waals surface area (Å²) in [7, 11) is 0. The van der Waals surface area contributed by atoms with Crippen LogP contribution in [0.5, 0.6) is 5.75 Å². The van der Waals surface area contributed by atoms with Crippen LogP contribution >= 0.6 is 0 Å². The van der Waals surface area contributed by atoms with Gasteiger partial charge < -0.3 is 15.2 Å². The van der Waals surface area contributed by atoms with Crippen LogP contribution in [-0.4, -0.2) is 24.3 Å². The number of hydrogen-bond donors (Lipinski definition) is 1. The van der Waals surface area contributed by atoms with Crippen molar-refractivity contribution in [1.82, 2.24) is 0 Å². The first kappa shape index (κ1) is 16.4. The van der Waals surface area contributed by atoms with Crippen LogP contribution in [0.1, 0.15) is 33.2 Å². The number of ether oxygens (including phenoxy) is 2. The minimum absolute atomic E-state index is 0.0000815. The number of ketones is 1. The van der Waals surface area contributed by atoms with E-state index < -0.39 is 17.7 Å². The van der Waals surface area contributed by atoms with Gasteiger partial charge in [0.05, 0.1) is 23.4 Å². The third-order valence-corrected chi connectivity index (χ3v) is 3.74. The average Bonchev–Trinajstić information content (AvgIpc) is 2.62. The molecular weight excluding hydrogens is 322 g/mol. The Labute approximate surface area is 143 Å². The average molecular weight is 337 g/mol. The van der Waals surface area contributed by atoms with Gasteiger partial charge in [-0.25, -0.2) is 9.59 Å². The van der Waals surface area contributed by atoms with Crippen molar-refractivity contribution in [3.8, 4) is 5.75 Å². The highest BCUT2D eigenvalue weighted by Crippen LogP contribution is 2.30. The Morgan fingerprint density at radius 2 is 1.68 bits per heavy atom. The van der Waals surface area contributed by atoms with Gasteiger partial charge in [-0.3, -0.25) is 4.79 Å². The fourth-order valence-electron chi connectivity index (χ4n) is 2.50. The molecule has 2 aromatic rings. The van der Waals surface area contributed by atoms with Crippen LogP contribution in [0.2, 0.25) is 0 Å². The SMILES string of the molecule is CCOC(=O)c1ccc(/C(N)=C2/C(=O)Oc3ccccc3C2=O)cc1. The van der Waals surface area contributed by atoms with Crippen molar-refractivity contribution in [3.05, 3.63) is 70.8 Å². The molecule has 0 saturated heterocycles. The van der Waals surface area contributed by atoms with Gasteiger partial charge in [-0.15, -0.1) is 0 Å². The minimum atomic E-state index is -0.796. The fraction of sp³-hybridized carbons (Fsp3) is 0.105. The van der Waals surface area contributed by atoms with E-state index in [-0.39, 0.29) is 29.2 Å². The Balaban J connectivity index is 1.98. The molecule has 0 bridgehead atoms. The monoisotopic (exact) mass is 337 g/mol. The first-order valence-corrected chi connectivity index (χ1v) is 7.66. The van der Waals surface area contributed by atoms with Crippen LogP contribution in [0.4, 0.5) is 0 Å². The summed E-state index contributed by atoms with van der Waals surface area (Å²) in [6.45, 7) is 1.99. The highest BCUT2D eigenvalue weighted by molar-refractivity contribution is 6.31. The molecule has 0 amide bonds. The third kappa shape index (κ3) is 3.01. The molecule has 0 aliphatic carbocycles. The molecular formula is C19H15NO5. The number of para-hydroxylation sites is 1. The zero-order valence-electron chi connectivity index (χ0n) is 13.4. The molecule has 1 aliphatic rings. The van der Waals surface area contributed by atoms with Crippen molar-refractivity contribution < 1.29 is 23.9 Å². The number of carbonyl (C=O) groups is 3. The summed E-state index contributed by atoms with van der Waals surface area (Å²) in [5, 5.41) is 0. The molecule has 0 aromatic heterocycles. The first-order valence-electron chi connectivity index (χ1n) is 7.66. The van der Waals surface area contributed by atoms with Crippen molar-refractivity contribution in [2.45, 2.75) is 6.92 Å². The lowest BCUT2D eigenvalue weighted by atomic mass is 9.95. The summed E-state index contributed by atoms with van der Waals surface area (Å²) >= 11 is 0. The van der Waals surface area contributed by atoms with Crippen molar-refractivity contribution in [3.63, 3.8) is 0 Å². The van der Waals surface area contributed by atoms with E-state index in [9.17, 15) is 14.4 Å². The quantitative estimate of drug-likeness (QED) is 0.400. The van der Waals surface area contributed by atoms with Crippen molar-refractivity contribution in [2.75, 3.05) is 6.61 Å². The molecule has 1 heterocycles. The van der Waals surface area contributed by atoms with Gasteiger partial charge in [0.1, 0.15) is 11.3 Å². The number of esters is 2. The van der Waals surface area contributed by atoms with E-state index >= 15 is 0 Å². The maximum Gasteiger partial charge on any atom is 0.349 e. The molecule has 1 aliphatic heterocycles. The maximum atomic E-state index is 12.6. The van der Waals surface area contributed by atoms with Gasteiger partial charge in [0.25, 0.3) is 0 Å². The van der Waals surface area contributed by atoms with Crippen LogP contribution in [0, 0.1) is 0 Å².